The van der Waals surface area contributed by atoms with Gasteiger partial charge in [0.05, 0.1) is 23.1 Å². The maximum absolute atomic E-state index is 13.7. The van der Waals surface area contributed by atoms with Gasteiger partial charge in [0.1, 0.15) is 17.4 Å². The van der Waals surface area contributed by atoms with Gasteiger partial charge in [0, 0.05) is 25.9 Å². The molecule has 0 radical (unpaired) electrons. The minimum absolute atomic E-state index is 0.0603. The maximum atomic E-state index is 13.7. The Morgan fingerprint density at radius 3 is 2.09 bits per heavy atom. The summed E-state index contributed by atoms with van der Waals surface area (Å²) in [5, 5.41) is 0. The summed E-state index contributed by atoms with van der Waals surface area (Å²) < 4.78 is 6.29. The van der Waals surface area contributed by atoms with E-state index < -0.39 is 23.5 Å². The number of ketones is 1. The molecule has 34 heavy (non-hydrogen) atoms. The Labute approximate surface area is 198 Å². The summed E-state index contributed by atoms with van der Waals surface area (Å²) in [5.41, 5.74) is 0.677. The number of amides is 3. The SMILES string of the molecule is CCC(C)C(C(=O)N1CCC2(CC1)CC(=O)c1ccccc1O2)N1C(=O)c2ccccc2C1=O. The molecule has 0 bridgehead atoms. The Morgan fingerprint density at radius 2 is 1.50 bits per heavy atom. The number of likely N-dealkylation sites (tertiary alicyclic amines) is 1. The van der Waals surface area contributed by atoms with Gasteiger partial charge >= 0.3 is 0 Å². The van der Waals surface area contributed by atoms with E-state index in [0.29, 0.717) is 61.2 Å². The first-order valence-electron chi connectivity index (χ1n) is 11.9. The Morgan fingerprint density at radius 1 is 0.941 bits per heavy atom. The van der Waals surface area contributed by atoms with E-state index in [9.17, 15) is 19.2 Å². The number of ether oxygens (including phenoxy) is 1. The van der Waals surface area contributed by atoms with E-state index in [4.69, 9.17) is 4.74 Å². The van der Waals surface area contributed by atoms with E-state index in [-0.39, 0.29) is 17.6 Å². The van der Waals surface area contributed by atoms with Crippen LogP contribution in [-0.4, -0.2) is 58.0 Å². The van der Waals surface area contributed by atoms with Gasteiger partial charge in [-0.2, -0.15) is 0 Å². The first kappa shape index (κ1) is 22.3. The van der Waals surface area contributed by atoms with E-state index in [1.165, 1.54) is 0 Å². The van der Waals surface area contributed by atoms with Gasteiger partial charge in [-0.15, -0.1) is 0 Å². The highest BCUT2D eigenvalue weighted by molar-refractivity contribution is 6.22. The van der Waals surface area contributed by atoms with Crippen molar-refractivity contribution in [2.45, 2.75) is 51.2 Å². The number of Topliss-reactive ketones (excluding diaryl/α,β-unsaturated/α-hetero) is 1. The molecule has 7 heteroatoms. The molecular weight excluding hydrogens is 432 g/mol. The molecule has 3 aliphatic heterocycles. The van der Waals surface area contributed by atoms with Crippen molar-refractivity contribution in [1.82, 2.24) is 9.80 Å². The quantitative estimate of drug-likeness (QED) is 0.650. The van der Waals surface area contributed by atoms with Crippen molar-refractivity contribution in [3.05, 3.63) is 65.2 Å². The molecule has 3 aliphatic rings. The van der Waals surface area contributed by atoms with Crippen molar-refractivity contribution < 1.29 is 23.9 Å². The molecule has 2 unspecified atom stereocenters. The zero-order valence-corrected chi connectivity index (χ0v) is 19.5. The molecule has 0 saturated carbocycles. The number of imide groups is 1. The van der Waals surface area contributed by atoms with Crippen molar-refractivity contribution in [2.75, 3.05) is 13.1 Å². The third-order valence-corrected chi connectivity index (χ3v) is 7.52. The summed E-state index contributed by atoms with van der Waals surface area (Å²) in [6.07, 6.45) is 1.98. The third-order valence-electron chi connectivity index (χ3n) is 7.52. The summed E-state index contributed by atoms with van der Waals surface area (Å²) in [5.74, 6) is -0.575. The first-order valence-corrected chi connectivity index (χ1v) is 11.9. The Kier molecular flexibility index (Phi) is 5.50. The highest BCUT2D eigenvalue weighted by Gasteiger charge is 2.48. The second-order valence-electron chi connectivity index (χ2n) is 9.56. The van der Waals surface area contributed by atoms with Gasteiger partial charge in [-0.3, -0.25) is 24.1 Å². The topological polar surface area (TPSA) is 84.0 Å². The minimum Gasteiger partial charge on any atom is -0.486 e. The molecule has 0 aromatic heterocycles. The number of hydrogen-bond donors (Lipinski definition) is 0. The van der Waals surface area contributed by atoms with Crippen molar-refractivity contribution in [3.63, 3.8) is 0 Å². The van der Waals surface area contributed by atoms with E-state index in [0.717, 1.165) is 4.90 Å². The molecule has 7 nitrogen and oxygen atoms in total. The van der Waals surface area contributed by atoms with E-state index in [2.05, 4.69) is 0 Å². The van der Waals surface area contributed by atoms with Crippen LogP contribution in [0.5, 0.6) is 5.75 Å². The number of fused-ring (bicyclic) bond motifs is 2. The Bertz CT molecular complexity index is 1150. The first-order chi connectivity index (χ1) is 16.3. The number of rotatable bonds is 4. The van der Waals surface area contributed by atoms with Gasteiger partial charge in [0.15, 0.2) is 5.78 Å². The highest BCUT2D eigenvalue weighted by Crippen LogP contribution is 2.40. The smallest absolute Gasteiger partial charge is 0.262 e. The minimum atomic E-state index is -0.860. The number of piperidine rings is 1. The van der Waals surface area contributed by atoms with Gasteiger partial charge in [0.25, 0.3) is 11.8 Å². The van der Waals surface area contributed by atoms with Crippen LogP contribution in [0.3, 0.4) is 0 Å². The molecule has 2 aromatic rings. The second kappa shape index (κ2) is 8.38. The summed E-state index contributed by atoms with van der Waals surface area (Å²) in [7, 11) is 0. The summed E-state index contributed by atoms with van der Waals surface area (Å²) in [6, 6.07) is 13.1. The van der Waals surface area contributed by atoms with Gasteiger partial charge in [-0.25, -0.2) is 0 Å². The van der Waals surface area contributed by atoms with Gasteiger partial charge < -0.3 is 9.64 Å². The van der Waals surface area contributed by atoms with E-state index >= 15 is 0 Å². The van der Waals surface area contributed by atoms with Gasteiger partial charge in [-0.05, 0) is 30.2 Å². The highest BCUT2D eigenvalue weighted by atomic mass is 16.5. The molecule has 3 heterocycles. The Hall–Kier alpha value is -3.48. The van der Waals surface area contributed by atoms with Crippen LogP contribution in [0.25, 0.3) is 0 Å². The Balaban J connectivity index is 1.35. The van der Waals surface area contributed by atoms with Crippen molar-refractivity contribution in [1.29, 1.82) is 0 Å². The second-order valence-corrected chi connectivity index (χ2v) is 9.56. The van der Waals surface area contributed by atoms with Gasteiger partial charge in [-0.1, -0.05) is 44.5 Å². The van der Waals surface area contributed by atoms with Crippen molar-refractivity contribution in [2.24, 2.45) is 5.92 Å². The van der Waals surface area contributed by atoms with Crippen LogP contribution in [0, 0.1) is 5.92 Å². The third kappa shape index (κ3) is 3.50. The molecule has 5 rings (SSSR count). The molecule has 1 saturated heterocycles. The molecule has 1 fully saturated rings. The lowest BCUT2D eigenvalue weighted by molar-refractivity contribution is -0.140. The summed E-state index contributed by atoms with van der Waals surface area (Å²) >= 11 is 0. The molecule has 0 N–H and O–H groups in total. The predicted molar refractivity (Wildman–Crippen MR) is 125 cm³/mol. The van der Waals surface area contributed by atoms with Crippen LogP contribution >= 0.6 is 0 Å². The van der Waals surface area contributed by atoms with Crippen molar-refractivity contribution in [3.8, 4) is 5.75 Å². The largest absolute Gasteiger partial charge is 0.486 e. The van der Waals surface area contributed by atoms with Gasteiger partial charge in [0.2, 0.25) is 5.91 Å². The lowest BCUT2D eigenvalue weighted by Crippen LogP contribution is -2.58. The number of hydrogen-bond acceptors (Lipinski definition) is 5. The molecule has 3 amide bonds. The predicted octanol–water partition coefficient (Wildman–Crippen LogP) is 3.72. The lowest BCUT2D eigenvalue weighted by atomic mass is 9.82. The fourth-order valence-corrected chi connectivity index (χ4v) is 5.34. The van der Waals surface area contributed by atoms with Crippen LogP contribution in [0.1, 0.15) is 70.6 Å². The average Bonchev–Trinajstić information content (AvgIpc) is 3.10. The van der Waals surface area contributed by atoms with Crippen LogP contribution < -0.4 is 4.74 Å². The van der Waals surface area contributed by atoms with E-state index in [1.807, 2.05) is 32.0 Å². The average molecular weight is 461 g/mol. The van der Waals surface area contributed by atoms with Crippen LogP contribution in [0.15, 0.2) is 48.5 Å². The van der Waals surface area contributed by atoms with Crippen molar-refractivity contribution >= 4 is 23.5 Å². The molecular formula is C27H28N2O5. The lowest BCUT2D eigenvalue weighted by Gasteiger charge is -2.45. The van der Waals surface area contributed by atoms with Crippen LogP contribution in [0.2, 0.25) is 0 Å². The van der Waals surface area contributed by atoms with E-state index in [1.54, 1.807) is 35.2 Å². The zero-order chi connectivity index (χ0) is 24.0. The maximum Gasteiger partial charge on any atom is 0.262 e. The number of nitrogens with zero attached hydrogens (tertiary/aromatic N) is 2. The number of carbonyl (C=O) groups is 4. The molecule has 2 atom stereocenters. The molecule has 2 aromatic carbocycles. The molecule has 176 valence electrons. The molecule has 0 aliphatic carbocycles. The zero-order valence-electron chi connectivity index (χ0n) is 19.5. The number of carbonyl (C=O) groups excluding carboxylic acids is 4. The summed E-state index contributed by atoms with van der Waals surface area (Å²) in [4.78, 5) is 55.6. The number of benzene rings is 2. The fourth-order valence-electron chi connectivity index (χ4n) is 5.34. The summed E-state index contributed by atoms with van der Waals surface area (Å²) in [6.45, 7) is 4.67. The standard InChI is InChI=1S/C27H28N2O5/c1-3-17(2)23(29-24(31)18-8-4-5-9-19(18)25(29)32)26(33)28-14-12-27(13-15-28)16-21(30)20-10-6-7-11-22(20)34-27/h4-11,17,23H,3,12-16H2,1-2H3. The fraction of sp³-hybridized carbons (Fsp3) is 0.407. The number of para-hydroxylation sites is 1. The monoisotopic (exact) mass is 460 g/mol. The van der Waals surface area contributed by atoms with Crippen LogP contribution in [0.4, 0.5) is 0 Å². The molecule has 1 spiro atoms. The normalized spacial score (nSPS) is 20.6. The van der Waals surface area contributed by atoms with Crippen LogP contribution in [-0.2, 0) is 4.79 Å².